The Morgan fingerprint density at radius 1 is 1.21 bits per heavy atom. The molecule has 2 saturated carbocycles. The molecular weight excluding hydrogens is 176 g/mol. The van der Waals surface area contributed by atoms with Crippen LogP contribution in [0.4, 0.5) is 0 Å². The van der Waals surface area contributed by atoms with Gasteiger partial charge in [-0.1, -0.05) is 6.42 Å². The minimum Gasteiger partial charge on any atom is -0.297 e. The van der Waals surface area contributed by atoms with E-state index in [1.165, 1.54) is 6.42 Å². The number of ketones is 1. The molecular formula is C11H12N2O. The number of carbonyl (C=O) groups excluding carboxylic acids is 1. The molecule has 0 aliphatic heterocycles. The highest BCUT2D eigenvalue weighted by atomic mass is 16.1. The van der Waals surface area contributed by atoms with Gasteiger partial charge < -0.3 is 0 Å². The molecule has 0 amide bonds. The lowest BCUT2D eigenvalue weighted by atomic mass is 9.82. The van der Waals surface area contributed by atoms with Gasteiger partial charge in [0.15, 0.2) is 11.7 Å². The van der Waals surface area contributed by atoms with E-state index in [1.807, 2.05) is 0 Å². The molecule has 2 rings (SSSR count). The number of hydrogen-bond acceptors (Lipinski definition) is 3. The molecule has 2 aliphatic rings. The van der Waals surface area contributed by atoms with E-state index in [0.29, 0.717) is 11.8 Å². The Labute approximate surface area is 83.3 Å². The molecule has 3 atom stereocenters. The molecule has 0 N–H and O–H groups in total. The zero-order valence-electron chi connectivity index (χ0n) is 7.94. The van der Waals surface area contributed by atoms with Gasteiger partial charge in [0.25, 0.3) is 0 Å². The van der Waals surface area contributed by atoms with E-state index in [2.05, 4.69) is 0 Å². The Bertz CT molecular complexity index is 322. The van der Waals surface area contributed by atoms with Crippen LogP contribution < -0.4 is 0 Å². The monoisotopic (exact) mass is 188 g/mol. The predicted molar refractivity (Wildman–Crippen MR) is 48.7 cm³/mol. The van der Waals surface area contributed by atoms with Gasteiger partial charge in [-0.25, -0.2) is 0 Å². The molecule has 3 heteroatoms. The van der Waals surface area contributed by atoms with Crippen LogP contribution in [-0.2, 0) is 4.79 Å². The van der Waals surface area contributed by atoms with Crippen LogP contribution in [0.1, 0.15) is 25.7 Å². The van der Waals surface area contributed by atoms with Gasteiger partial charge in [0.05, 0.1) is 12.1 Å². The summed E-state index contributed by atoms with van der Waals surface area (Å²) in [6, 6.07) is 3.55. The number of rotatable bonds is 2. The van der Waals surface area contributed by atoms with Crippen molar-refractivity contribution in [2.24, 2.45) is 23.7 Å². The summed E-state index contributed by atoms with van der Waals surface area (Å²) in [5, 5.41) is 17.3. The third kappa shape index (κ3) is 1.30. The molecule has 72 valence electrons. The van der Waals surface area contributed by atoms with Gasteiger partial charge in [-0.3, -0.25) is 4.79 Å². The van der Waals surface area contributed by atoms with E-state index < -0.39 is 5.92 Å². The summed E-state index contributed by atoms with van der Waals surface area (Å²) in [5.74, 6) is 0.0169. The Kier molecular flexibility index (Phi) is 2.25. The number of Topliss-reactive ketones (excluding diaryl/α,β-unsaturated/α-hetero) is 1. The predicted octanol–water partition coefficient (Wildman–Crippen LogP) is 1.66. The van der Waals surface area contributed by atoms with Crippen LogP contribution in [0.25, 0.3) is 0 Å². The molecule has 0 saturated heterocycles. The highest BCUT2D eigenvalue weighted by molar-refractivity contribution is 5.88. The van der Waals surface area contributed by atoms with E-state index in [4.69, 9.17) is 10.5 Å². The number of nitriles is 2. The molecule has 14 heavy (non-hydrogen) atoms. The molecule has 3 nitrogen and oxygen atoms in total. The number of carbonyl (C=O) groups is 1. The van der Waals surface area contributed by atoms with Crippen LogP contribution >= 0.6 is 0 Å². The molecule has 2 bridgehead atoms. The third-order valence-corrected chi connectivity index (χ3v) is 3.65. The second kappa shape index (κ2) is 3.42. The average Bonchev–Trinajstić information content (AvgIpc) is 2.80. The van der Waals surface area contributed by atoms with E-state index in [0.717, 1.165) is 19.3 Å². The topological polar surface area (TPSA) is 64.7 Å². The summed E-state index contributed by atoms with van der Waals surface area (Å²) < 4.78 is 0. The first-order chi connectivity index (χ1) is 6.76. The lowest BCUT2D eigenvalue weighted by molar-refractivity contribution is -0.125. The Morgan fingerprint density at radius 3 is 2.36 bits per heavy atom. The van der Waals surface area contributed by atoms with Gasteiger partial charge in [-0.15, -0.1) is 0 Å². The standard InChI is InChI=1S/C11H12N2O/c12-5-9(6-13)11(14)10-4-7-1-2-8(10)3-7/h7-10H,1-4H2. The molecule has 2 fully saturated rings. The molecule has 0 aromatic carbocycles. The van der Waals surface area contributed by atoms with Crippen molar-refractivity contribution in [1.82, 2.24) is 0 Å². The summed E-state index contributed by atoms with van der Waals surface area (Å²) in [6.45, 7) is 0. The van der Waals surface area contributed by atoms with E-state index >= 15 is 0 Å². The first-order valence-electron chi connectivity index (χ1n) is 5.09. The largest absolute Gasteiger partial charge is 0.297 e. The van der Waals surface area contributed by atoms with E-state index in [1.54, 1.807) is 12.1 Å². The fourth-order valence-electron chi connectivity index (χ4n) is 2.96. The Balaban J connectivity index is 2.07. The van der Waals surface area contributed by atoms with Gasteiger partial charge >= 0.3 is 0 Å². The lowest BCUT2D eigenvalue weighted by Gasteiger charge is -2.20. The van der Waals surface area contributed by atoms with Crippen LogP contribution in [0.5, 0.6) is 0 Å². The summed E-state index contributed by atoms with van der Waals surface area (Å²) in [7, 11) is 0. The maximum absolute atomic E-state index is 11.8. The Hall–Kier alpha value is -1.35. The molecule has 3 unspecified atom stereocenters. The van der Waals surface area contributed by atoms with Crippen LogP contribution in [-0.4, -0.2) is 5.78 Å². The zero-order chi connectivity index (χ0) is 10.1. The van der Waals surface area contributed by atoms with Gasteiger partial charge in [0, 0.05) is 5.92 Å². The summed E-state index contributed by atoms with van der Waals surface area (Å²) >= 11 is 0. The van der Waals surface area contributed by atoms with Crippen LogP contribution in [0.3, 0.4) is 0 Å². The number of nitrogens with zero attached hydrogens (tertiary/aromatic N) is 2. The average molecular weight is 188 g/mol. The quantitative estimate of drug-likeness (QED) is 0.661. The SMILES string of the molecule is N#CC(C#N)C(=O)C1CC2CCC1C2. The van der Waals surface area contributed by atoms with Crippen molar-refractivity contribution >= 4 is 5.78 Å². The van der Waals surface area contributed by atoms with Crippen molar-refractivity contribution < 1.29 is 4.79 Å². The minimum absolute atomic E-state index is 0.0121. The fraction of sp³-hybridized carbons (Fsp3) is 0.727. The molecule has 2 aliphatic carbocycles. The molecule has 0 radical (unpaired) electrons. The van der Waals surface area contributed by atoms with Gasteiger partial charge in [0.2, 0.25) is 0 Å². The van der Waals surface area contributed by atoms with Crippen molar-refractivity contribution in [3.63, 3.8) is 0 Å². The smallest absolute Gasteiger partial charge is 0.191 e. The normalized spacial score (nSPS) is 34.1. The van der Waals surface area contributed by atoms with E-state index in [-0.39, 0.29) is 11.7 Å². The first-order valence-corrected chi connectivity index (χ1v) is 5.09. The Morgan fingerprint density at radius 2 is 1.93 bits per heavy atom. The van der Waals surface area contributed by atoms with Crippen molar-refractivity contribution in [3.05, 3.63) is 0 Å². The maximum Gasteiger partial charge on any atom is 0.191 e. The van der Waals surface area contributed by atoms with E-state index in [9.17, 15) is 4.79 Å². The van der Waals surface area contributed by atoms with Crippen molar-refractivity contribution in [2.45, 2.75) is 25.7 Å². The fourth-order valence-corrected chi connectivity index (χ4v) is 2.96. The second-order valence-electron chi connectivity index (χ2n) is 4.37. The van der Waals surface area contributed by atoms with Gasteiger partial charge in [-0.2, -0.15) is 10.5 Å². The summed E-state index contributed by atoms with van der Waals surface area (Å²) in [6.07, 6.45) is 4.41. The summed E-state index contributed by atoms with van der Waals surface area (Å²) in [4.78, 5) is 11.8. The molecule has 0 spiro atoms. The summed E-state index contributed by atoms with van der Waals surface area (Å²) in [5.41, 5.74) is 0. The minimum atomic E-state index is -1.03. The van der Waals surface area contributed by atoms with Crippen molar-refractivity contribution in [3.8, 4) is 12.1 Å². The highest BCUT2D eigenvalue weighted by Gasteiger charge is 2.44. The first kappa shape index (κ1) is 9.21. The van der Waals surface area contributed by atoms with Gasteiger partial charge in [0.1, 0.15) is 0 Å². The highest BCUT2D eigenvalue weighted by Crippen LogP contribution is 2.49. The van der Waals surface area contributed by atoms with Crippen LogP contribution in [0.15, 0.2) is 0 Å². The number of fused-ring (bicyclic) bond motifs is 2. The van der Waals surface area contributed by atoms with Crippen LogP contribution in [0, 0.1) is 46.3 Å². The second-order valence-corrected chi connectivity index (χ2v) is 4.37. The molecule has 0 heterocycles. The van der Waals surface area contributed by atoms with Gasteiger partial charge in [-0.05, 0) is 31.1 Å². The molecule has 0 aromatic rings. The zero-order valence-corrected chi connectivity index (χ0v) is 7.94. The maximum atomic E-state index is 11.8. The molecule has 0 aromatic heterocycles. The number of hydrogen-bond donors (Lipinski definition) is 0. The van der Waals surface area contributed by atoms with Crippen LogP contribution in [0.2, 0.25) is 0 Å². The lowest BCUT2D eigenvalue weighted by Crippen LogP contribution is -2.26. The third-order valence-electron chi connectivity index (χ3n) is 3.65. The van der Waals surface area contributed by atoms with Crippen molar-refractivity contribution in [2.75, 3.05) is 0 Å². The van der Waals surface area contributed by atoms with Crippen molar-refractivity contribution in [1.29, 1.82) is 10.5 Å².